The molecule has 0 aliphatic heterocycles. The highest BCUT2D eigenvalue weighted by Gasteiger charge is 2.58. The molecule has 0 saturated heterocycles. The molecule has 5 atom stereocenters. The predicted molar refractivity (Wildman–Crippen MR) is 58.3 cm³/mol. The van der Waals surface area contributed by atoms with Gasteiger partial charge in [0.25, 0.3) is 0 Å². The molecule has 0 aromatic carbocycles. The van der Waals surface area contributed by atoms with Crippen molar-refractivity contribution in [3.8, 4) is 0 Å². The molecule has 1 unspecified atom stereocenters. The summed E-state index contributed by atoms with van der Waals surface area (Å²) >= 11 is 0. The maximum absolute atomic E-state index is 10.3. The summed E-state index contributed by atoms with van der Waals surface area (Å²) in [5, 5.41) is 20.4. The molecule has 3 aliphatic rings. The minimum Gasteiger partial charge on any atom is -0.393 e. The Labute approximate surface area is 91.0 Å². The van der Waals surface area contributed by atoms with Crippen molar-refractivity contribution in [3.05, 3.63) is 12.2 Å². The maximum atomic E-state index is 10.3. The monoisotopic (exact) mass is 208 g/mol. The van der Waals surface area contributed by atoms with Gasteiger partial charge < -0.3 is 10.2 Å². The fourth-order valence-corrected chi connectivity index (χ4v) is 4.41. The predicted octanol–water partition coefficient (Wildman–Crippen LogP) is 1.86. The van der Waals surface area contributed by atoms with Crippen LogP contribution >= 0.6 is 0 Å². The fourth-order valence-electron chi connectivity index (χ4n) is 4.41. The van der Waals surface area contributed by atoms with Crippen LogP contribution < -0.4 is 0 Å². The second-order valence-corrected chi connectivity index (χ2v) is 5.83. The first kappa shape index (κ1) is 9.86. The van der Waals surface area contributed by atoms with Gasteiger partial charge in [0.05, 0.1) is 12.2 Å². The molecule has 3 rings (SSSR count). The standard InChI is InChI=1S/C13H20O2/c1-8-6-13-7-9(8)5-11(14)10(13)3-2-4-12(13)15/h9-12,14-15H,1-7H2/t9-,10-,11+,12?,13+/m1/s1. The van der Waals surface area contributed by atoms with Crippen LogP contribution in [0.15, 0.2) is 12.2 Å². The van der Waals surface area contributed by atoms with E-state index in [9.17, 15) is 10.2 Å². The fraction of sp³-hybridized carbons (Fsp3) is 0.846. The van der Waals surface area contributed by atoms with Crippen LogP contribution in [0, 0.1) is 17.3 Å². The van der Waals surface area contributed by atoms with Gasteiger partial charge in [-0.3, -0.25) is 0 Å². The number of aliphatic hydroxyl groups is 2. The van der Waals surface area contributed by atoms with Crippen LogP contribution in [0.1, 0.15) is 38.5 Å². The van der Waals surface area contributed by atoms with E-state index < -0.39 is 0 Å². The van der Waals surface area contributed by atoms with Gasteiger partial charge in [-0.05, 0) is 43.9 Å². The summed E-state index contributed by atoms with van der Waals surface area (Å²) in [7, 11) is 0. The van der Waals surface area contributed by atoms with Gasteiger partial charge in [-0.25, -0.2) is 0 Å². The van der Waals surface area contributed by atoms with Crippen molar-refractivity contribution in [2.75, 3.05) is 0 Å². The van der Waals surface area contributed by atoms with Gasteiger partial charge in [0.1, 0.15) is 0 Å². The van der Waals surface area contributed by atoms with Gasteiger partial charge in [-0.2, -0.15) is 0 Å². The zero-order valence-corrected chi connectivity index (χ0v) is 9.15. The van der Waals surface area contributed by atoms with E-state index in [2.05, 4.69) is 6.58 Å². The first-order valence-electron chi connectivity index (χ1n) is 6.17. The van der Waals surface area contributed by atoms with E-state index in [1.54, 1.807) is 0 Å². The number of fused-ring (bicyclic) bond motifs is 1. The molecule has 2 nitrogen and oxygen atoms in total. The van der Waals surface area contributed by atoms with Crippen molar-refractivity contribution in [2.24, 2.45) is 17.3 Å². The van der Waals surface area contributed by atoms with E-state index in [0.29, 0.717) is 11.8 Å². The highest BCUT2D eigenvalue weighted by molar-refractivity contribution is 5.21. The average Bonchev–Trinajstić information content (AvgIpc) is 2.45. The molecular weight excluding hydrogens is 188 g/mol. The topological polar surface area (TPSA) is 40.5 Å². The van der Waals surface area contributed by atoms with Crippen molar-refractivity contribution in [1.29, 1.82) is 0 Å². The van der Waals surface area contributed by atoms with Crippen LogP contribution in [-0.2, 0) is 0 Å². The summed E-state index contributed by atoms with van der Waals surface area (Å²) in [6.45, 7) is 4.13. The molecule has 0 aromatic heterocycles. The van der Waals surface area contributed by atoms with Crippen molar-refractivity contribution in [1.82, 2.24) is 0 Å². The van der Waals surface area contributed by atoms with Gasteiger partial charge >= 0.3 is 0 Å². The Morgan fingerprint density at radius 2 is 2.07 bits per heavy atom. The summed E-state index contributed by atoms with van der Waals surface area (Å²) in [5.41, 5.74) is 1.27. The van der Waals surface area contributed by atoms with Crippen LogP contribution in [0.5, 0.6) is 0 Å². The number of hydrogen-bond acceptors (Lipinski definition) is 2. The molecule has 0 heterocycles. The quantitative estimate of drug-likeness (QED) is 0.597. The first-order valence-corrected chi connectivity index (χ1v) is 6.17. The SMILES string of the molecule is C=C1C[C@]23C[C@H]1C[C@H](O)[C@H]2CCCC3O. The van der Waals surface area contributed by atoms with E-state index >= 15 is 0 Å². The van der Waals surface area contributed by atoms with E-state index in [1.807, 2.05) is 0 Å². The molecule has 2 N–H and O–H groups in total. The van der Waals surface area contributed by atoms with E-state index in [4.69, 9.17) is 0 Å². The van der Waals surface area contributed by atoms with Gasteiger partial charge in [-0.1, -0.05) is 18.6 Å². The maximum Gasteiger partial charge on any atom is 0.0603 e. The Kier molecular flexibility index (Phi) is 2.02. The number of rotatable bonds is 0. The van der Waals surface area contributed by atoms with Crippen molar-refractivity contribution in [3.63, 3.8) is 0 Å². The highest BCUT2D eigenvalue weighted by atomic mass is 16.3. The summed E-state index contributed by atoms with van der Waals surface area (Å²) in [5.74, 6) is 0.806. The third-order valence-corrected chi connectivity index (χ3v) is 5.15. The van der Waals surface area contributed by atoms with E-state index in [1.165, 1.54) is 5.57 Å². The minimum atomic E-state index is -0.201. The molecule has 0 amide bonds. The largest absolute Gasteiger partial charge is 0.393 e. The number of hydrogen-bond donors (Lipinski definition) is 2. The Balaban J connectivity index is 2.00. The van der Waals surface area contributed by atoms with Crippen molar-refractivity contribution >= 4 is 0 Å². The Morgan fingerprint density at radius 3 is 2.87 bits per heavy atom. The van der Waals surface area contributed by atoms with Crippen LogP contribution in [0.25, 0.3) is 0 Å². The Bertz CT molecular complexity index is 299. The average molecular weight is 208 g/mol. The lowest BCUT2D eigenvalue weighted by Crippen LogP contribution is -2.50. The second-order valence-electron chi connectivity index (χ2n) is 5.83. The van der Waals surface area contributed by atoms with Gasteiger partial charge in [-0.15, -0.1) is 0 Å². The third-order valence-electron chi connectivity index (χ3n) is 5.15. The molecule has 3 aliphatic carbocycles. The number of aliphatic hydroxyl groups excluding tert-OH is 2. The van der Waals surface area contributed by atoms with Crippen LogP contribution in [0.3, 0.4) is 0 Å². The van der Waals surface area contributed by atoms with Gasteiger partial charge in [0, 0.05) is 5.41 Å². The first-order chi connectivity index (χ1) is 7.13. The zero-order valence-electron chi connectivity index (χ0n) is 9.15. The Morgan fingerprint density at radius 1 is 1.27 bits per heavy atom. The van der Waals surface area contributed by atoms with Crippen molar-refractivity contribution < 1.29 is 10.2 Å². The summed E-state index contributed by atoms with van der Waals surface area (Å²) < 4.78 is 0. The molecule has 3 fully saturated rings. The molecule has 3 saturated carbocycles. The lowest BCUT2D eigenvalue weighted by Gasteiger charge is -2.49. The van der Waals surface area contributed by atoms with E-state index in [0.717, 1.165) is 38.5 Å². The summed E-state index contributed by atoms with van der Waals surface area (Å²) in [6, 6.07) is 0. The molecule has 1 spiro atoms. The summed E-state index contributed by atoms with van der Waals surface area (Å²) in [6.07, 6.45) is 5.61. The smallest absolute Gasteiger partial charge is 0.0603 e. The van der Waals surface area contributed by atoms with Crippen LogP contribution in [0.4, 0.5) is 0 Å². The summed E-state index contributed by atoms with van der Waals surface area (Å²) in [4.78, 5) is 0. The minimum absolute atomic E-state index is 0.00231. The van der Waals surface area contributed by atoms with Crippen molar-refractivity contribution in [2.45, 2.75) is 50.7 Å². The molecule has 0 radical (unpaired) electrons. The molecule has 2 bridgehead atoms. The highest BCUT2D eigenvalue weighted by Crippen LogP contribution is 2.61. The zero-order chi connectivity index (χ0) is 10.6. The molecular formula is C13H20O2. The normalized spacial score (nSPS) is 54.1. The van der Waals surface area contributed by atoms with Crippen LogP contribution in [0.2, 0.25) is 0 Å². The second kappa shape index (κ2) is 3.08. The molecule has 0 aromatic rings. The lowest BCUT2D eigenvalue weighted by atomic mass is 9.58. The molecule has 84 valence electrons. The van der Waals surface area contributed by atoms with E-state index in [-0.39, 0.29) is 17.6 Å². The Hall–Kier alpha value is -0.340. The third kappa shape index (κ3) is 1.18. The molecule has 2 heteroatoms. The number of allylic oxidation sites excluding steroid dienone is 1. The van der Waals surface area contributed by atoms with Gasteiger partial charge in [0.15, 0.2) is 0 Å². The van der Waals surface area contributed by atoms with Gasteiger partial charge in [0.2, 0.25) is 0 Å². The molecule has 15 heavy (non-hydrogen) atoms. The lowest BCUT2D eigenvalue weighted by molar-refractivity contribution is -0.116. The van der Waals surface area contributed by atoms with Crippen LogP contribution in [-0.4, -0.2) is 22.4 Å².